The second-order valence-corrected chi connectivity index (χ2v) is 8.59. The Morgan fingerprint density at radius 1 is 1.03 bits per heavy atom. The van der Waals surface area contributed by atoms with Gasteiger partial charge in [0.1, 0.15) is 11.5 Å². The fourth-order valence-corrected chi connectivity index (χ4v) is 4.28. The Morgan fingerprint density at radius 3 is 2.67 bits per heavy atom. The highest BCUT2D eigenvalue weighted by Crippen LogP contribution is 2.37. The number of aromatic nitrogens is 1. The molecule has 5 rings (SSSR count). The molecule has 0 spiro atoms. The Balaban J connectivity index is 1.45. The normalized spacial score (nSPS) is 14.6. The minimum absolute atomic E-state index is 0.140. The predicted molar refractivity (Wildman–Crippen MR) is 127 cm³/mol. The van der Waals surface area contributed by atoms with Gasteiger partial charge in [0, 0.05) is 42.0 Å². The van der Waals surface area contributed by atoms with Crippen molar-refractivity contribution >= 4 is 45.5 Å². The average Bonchev–Trinajstić information content (AvgIpc) is 3.26. The van der Waals surface area contributed by atoms with Crippen LogP contribution in [0, 0.1) is 5.82 Å². The number of rotatable bonds is 5. The number of furan rings is 1. The lowest BCUT2D eigenvalue weighted by atomic mass is 10.1. The minimum Gasteiger partial charge on any atom is -0.505 e. The fraction of sp³-hybridized carbons (Fsp3) is 0.208. The van der Waals surface area contributed by atoms with Gasteiger partial charge in [-0.15, -0.1) is 0 Å². The molecule has 3 heterocycles. The number of fused-ring (bicyclic) bond motifs is 1. The van der Waals surface area contributed by atoms with E-state index < -0.39 is 11.6 Å². The summed E-state index contributed by atoms with van der Waals surface area (Å²) < 4.78 is 25.0. The van der Waals surface area contributed by atoms with E-state index in [1.54, 1.807) is 18.3 Å². The number of ether oxygens (including phenoxy) is 1. The van der Waals surface area contributed by atoms with Gasteiger partial charge in [-0.05, 0) is 36.4 Å². The number of nitrogens with one attached hydrogen (secondary N) is 1. The monoisotopic (exact) mass is 487 g/mol. The van der Waals surface area contributed by atoms with Gasteiger partial charge in [0.05, 0.1) is 41.0 Å². The molecule has 0 saturated carbocycles. The molecule has 0 bridgehead atoms. The molecule has 9 heteroatoms. The van der Waals surface area contributed by atoms with E-state index in [2.05, 4.69) is 15.2 Å². The molecule has 2 aromatic heterocycles. The molecule has 1 aliphatic heterocycles. The summed E-state index contributed by atoms with van der Waals surface area (Å²) in [6.45, 7) is 3.93. The van der Waals surface area contributed by atoms with Crippen LogP contribution in [0.25, 0.3) is 22.2 Å². The molecule has 0 radical (unpaired) electrons. The van der Waals surface area contributed by atoms with Crippen molar-refractivity contribution < 1.29 is 18.7 Å². The summed E-state index contributed by atoms with van der Waals surface area (Å²) in [5.41, 5.74) is 2.45. The van der Waals surface area contributed by atoms with Gasteiger partial charge in [0.2, 0.25) is 0 Å². The molecule has 1 fully saturated rings. The Morgan fingerprint density at radius 2 is 1.85 bits per heavy atom. The van der Waals surface area contributed by atoms with Crippen molar-refractivity contribution in [2.24, 2.45) is 0 Å². The number of hydrogen-bond donors (Lipinski definition) is 2. The maximum atomic E-state index is 13.5. The Bertz CT molecular complexity index is 1320. The summed E-state index contributed by atoms with van der Waals surface area (Å²) in [6.07, 6.45) is 1.64. The lowest BCUT2D eigenvalue weighted by Gasteiger charge is -2.25. The van der Waals surface area contributed by atoms with Gasteiger partial charge < -0.3 is 19.6 Å². The third-order valence-electron chi connectivity index (χ3n) is 5.55. The number of morpholine rings is 1. The summed E-state index contributed by atoms with van der Waals surface area (Å²) in [7, 11) is 0. The molecule has 2 N–H and O–H groups in total. The minimum atomic E-state index is -0.788. The number of phenolic OH excluding ortho intramolecular Hbond substituents is 1. The third kappa shape index (κ3) is 4.63. The molecule has 4 aromatic rings. The van der Waals surface area contributed by atoms with E-state index in [0.29, 0.717) is 34.2 Å². The van der Waals surface area contributed by atoms with Gasteiger partial charge >= 0.3 is 0 Å². The average molecular weight is 488 g/mol. The molecule has 1 saturated heterocycles. The smallest absolute Gasteiger partial charge is 0.166 e. The van der Waals surface area contributed by atoms with E-state index in [0.717, 1.165) is 49.1 Å². The summed E-state index contributed by atoms with van der Waals surface area (Å²) in [5, 5.41) is 14.2. The van der Waals surface area contributed by atoms with Crippen molar-refractivity contribution in [1.29, 1.82) is 0 Å². The summed E-state index contributed by atoms with van der Waals surface area (Å²) in [4.78, 5) is 6.74. The van der Waals surface area contributed by atoms with E-state index in [9.17, 15) is 9.50 Å². The van der Waals surface area contributed by atoms with Gasteiger partial charge in [-0.25, -0.2) is 4.39 Å². The van der Waals surface area contributed by atoms with Gasteiger partial charge in [0.15, 0.2) is 11.6 Å². The molecule has 0 aliphatic carbocycles. The van der Waals surface area contributed by atoms with Crippen LogP contribution >= 0.6 is 23.2 Å². The third-order valence-corrected chi connectivity index (χ3v) is 6.17. The van der Waals surface area contributed by atoms with Crippen molar-refractivity contribution in [3.05, 3.63) is 70.3 Å². The van der Waals surface area contributed by atoms with Crippen LogP contribution in [-0.4, -0.2) is 41.3 Å². The van der Waals surface area contributed by atoms with Gasteiger partial charge in [-0.2, -0.15) is 0 Å². The topological polar surface area (TPSA) is 70.8 Å². The Hall–Kier alpha value is -2.84. The van der Waals surface area contributed by atoms with Crippen LogP contribution in [0.3, 0.4) is 0 Å². The van der Waals surface area contributed by atoms with Gasteiger partial charge in [-0.3, -0.25) is 9.88 Å². The molecule has 0 unspecified atom stereocenters. The quantitative estimate of drug-likeness (QED) is 0.348. The number of nitrogens with zero attached hydrogens (tertiary/aromatic N) is 2. The van der Waals surface area contributed by atoms with Crippen molar-refractivity contribution in [2.75, 3.05) is 31.6 Å². The number of hydrogen-bond acceptors (Lipinski definition) is 6. The second kappa shape index (κ2) is 9.19. The molecule has 0 amide bonds. The van der Waals surface area contributed by atoms with Crippen LogP contribution in [0.4, 0.5) is 15.8 Å². The molecule has 0 atom stereocenters. The van der Waals surface area contributed by atoms with E-state index >= 15 is 0 Å². The maximum Gasteiger partial charge on any atom is 0.166 e. The van der Waals surface area contributed by atoms with Gasteiger partial charge in [-0.1, -0.05) is 23.2 Å². The van der Waals surface area contributed by atoms with E-state index in [4.69, 9.17) is 32.4 Å². The molecule has 6 nitrogen and oxygen atoms in total. The summed E-state index contributed by atoms with van der Waals surface area (Å²) in [5.74, 6) is 0.240. The molecule has 170 valence electrons. The van der Waals surface area contributed by atoms with E-state index in [-0.39, 0.29) is 5.02 Å². The zero-order valence-electron chi connectivity index (χ0n) is 17.4. The highest BCUT2D eigenvalue weighted by molar-refractivity contribution is 6.34. The molecule has 33 heavy (non-hydrogen) atoms. The lowest BCUT2D eigenvalue weighted by Crippen LogP contribution is -2.35. The summed E-state index contributed by atoms with van der Waals surface area (Å²) >= 11 is 12.8. The number of pyridine rings is 1. The standard InChI is InChI=1S/C24H20Cl2FN3O3/c25-17-9-16-20(29-22-12-23(31)19(27)11-18(22)26)3-4-28-21(16)10-15(17)24-2-1-14(33-24)13-30-5-7-32-8-6-30/h1-4,9-12,31H,5-8,13H2,(H,28,29). The Labute approximate surface area is 199 Å². The highest BCUT2D eigenvalue weighted by atomic mass is 35.5. The number of phenols is 1. The number of aromatic hydroxyl groups is 1. The SMILES string of the molecule is Oc1cc(Nc2ccnc3cc(-c4ccc(CN5CCOCC5)o4)c(Cl)cc23)c(Cl)cc1F. The van der Waals surface area contributed by atoms with E-state index in [1.165, 1.54) is 6.07 Å². The van der Waals surface area contributed by atoms with Crippen molar-refractivity contribution in [3.8, 4) is 17.1 Å². The number of halogens is 3. The first-order chi connectivity index (χ1) is 16.0. The van der Waals surface area contributed by atoms with Crippen molar-refractivity contribution in [3.63, 3.8) is 0 Å². The number of benzene rings is 2. The number of anilines is 2. The lowest BCUT2D eigenvalue weighted by molar-refractivity contribution is 0.0314. The molecule has 2 aromatic carbocycles. The predicted octanol–water partition coefficient (Wildman–Crippen LogP) is 6.22. The Kier molecular flexibility index (Phi) is 6.12. The van der Waals surface area contributed by atoms with Crippen LogP contribution in [0.1, 0.15) is 5.76 Å². The van der Waals surface area contributed by atoms with Gasteiger partial charge in [0.25, 0.3) is 0 Å². The fourth-order valence-electron chi connectivity index (χ4n) is 3.83. The van der Waals surface area contributed by atoms with Crippen LogP contribution < -0.4 is 5.32 Å². The first-order valence-corrected chi connectivity index (χ1v) is 11.2. The van der Waals surface area contributed by atoms with E-state index in [1.807, 2.05) is 18.2 Å². The largest absolute Gasteiger partial charge is 0.505 e. The zero-order valence-corrected chi connectivity index (χ0v) is 19.0. The zero-order chi connectivity index (χ0) is 22.9. The first kappa shape index (κ1) is 22.0. The van der Waals surface area contributed by atoms with Crippen molar-refractivity contribution in [1.82, 2.24) is 9.88 Å². The molecule has 1 aliphatic rings. The van der Waals surface area contributed by atoms with Crippen LogP contribution in [-0.2, 0) is 11.3 Å². The summed E-state index contributed by atoms with van der Waals surface area (Å²) in [6, 6.07) is 11.6. The van der Waals surface area contributed by atoms with Crippen molar-refractivity contribution in [2.45, 2.75) is 6.54 Å². The first-order valence-electron chi connectivity index (χ1n) is 10.4. The molecular formula is C24H20Cl2FN3O3. The molecular weight excluding hydrogens is 468 g/mol. The maximum absolute atomic E-state index is 13.5. The van der Waals surface area contributed by atoms with Crippen LogP contribution in [0.2, 0.25) is 10.0 Å². The van der Waals surface area contributed by atoms with Crippen LogP contribution in [0.5, 0.6) is 5.75 Å². The second-order valence-electron chi connectivity index (χ2n) is 7.77. The highest BCUT2D eigenvalue weighted by Gasteiger charge is 2.16. The van der Waals surface area contributed by atoms with Crippen LogP contribution in [0.15, 0.2) is 53.1 Å².